The Morgan fingerprint density at radius 2 is 2.00 bits per heavy atom. The highest BCUT2D eigenvalue weighted by Gasteiger charge is 2.22. The summed E-state index contributed by atoms with van der Waals surface area (Å²) in [5, 5.41) is 6.95. The Labute approximate surface area is 130 Å². The minimum Gasteiger partial charge on any atom is -0.352 e. The molecule has 1 aliphatic rings. The third kappa shape index (κ3) is 4.83. The van der Waals surface area contributed by atoms with E-state index in [1.165, 1.54) is 0 Å². The van der Waals surface area contributed by atoms with Gasteiger partial charge in [-0.2, -0.15) is 0 Å². The molecule has 0 saturated carbocycles. The van der Waals surface area contributed by atoms with Crippen LogP contribution in [0.4, 0.5) is 0 Å². The maximum Gasteiger partial charge on any atom is 0.220 e. The van der Waals surface area contributed by atoms with Crippen LogP contribution in [-0.4, -0.2) is 30.3 Å². The Hall–Kier alpha value is -1.39. The van der Waals surface area contributed by atoms with E-state index in [0.29, 0.717) is 10.6 Å². The van der Waals surface area contributed by atoms with Crippen molar-refractivity contribution in [1.29, 1.82) is 0 Å². The van der Waals surface area contributed by atoms with Crippen molar-refractivity contribution >= 4 is 23.3 Å². The molecule has 1 aromatic carbocycles. The van der Waals surface area contributed by atoms with Crippen molar-refractivity contribution in [3.63, 3.8) is 0 Å². The summed E-state index contributed by atoms with van der Waals surface area (Å²) in [5.74, 6) is -0.0884. The fourth-order valence-electron chi connectivity index (χ4n) is 2.53. The molecule has 1 fully saturated rings. The summed E-state index contributed by atoms with van der Waals surface area (Å²) in [4.78, 5) is 23.9. The minimum atomic E-state index is -0.0575. The van der Waals surface area contributed by atoms with Crippen molar-refractivity contribution in [3.8, 4) is 0 Å². The average molecular weight is 309 g/mol. The Morgan fingerprint density at radius 3 is 2.67 bits per heavy atom. The zero-order valence-electron chi connectivity index (χ0n) is 12.2. The SMILES string of the molecule is CC1NCCCC1NC(=O)CCC(=O)c1ccc(Cl)cc1. The van der Waals surface area contributed by atoms with Gasteiger partial charge in [0.2, 0.25) is 5.91 Å². The zero-order chi connectivity index (χ0) is 15.2. The van der Waals surface area contributed by atoms with Crippen molar-refractivity contribution < 1.29 is 9.59 Å². The van der Waals surface area contributed by atoms with Crippen molar-refractivity contribution in [3.05, 3.63) is 34.9 Å². The molecule has 2 atom stereocenters. The van der Waals surface area contributed by atoms with E-state index in [0.717, 1.165) is 19.4 Å². The summed E-state index contributed by atoms with van der Waals surface area (Å²) in [7, 11) is 0. The van der Waals surface area contributed by atoms with E-state index >= 15 is 0 Å². The summed E-state index contributed by atoms with van der Waals surface area (Å²) >= 11 is 5.78. The second-order valence-electron chi connectivity index (χ2n) is 5.49. The van der Waals surface area contributed by atoms with Crippen LogP contribution in [0.5, 0.6) is 0 Å². The van der Waals surface area contributed by atoms with Crippen LogP contribution in [0.1, 0.15) is 43.0 Å². The van der Waals surface area contributed by atoms with Gasteiger partial charge >= 0.3 is 0 Å². The first-order chi connectivity index (χ1) is 10.1. The predicted octanol–water partition coefficient (Wildman–Crippen LogP) is 2.56. The largest absolute Gasteiger partial charge is 0.352 e. The molecule has 2 rings (SSSR count). The molecule has 0 aromatic heterocycles. The molecular weight excluding hydrogens is 288 g/mol. The lowest BCUT2D eigenvalue weighted by Crippen LogP contribution is -2.51. The molecule has 114 valence electrons. The van der Waals surface area contributed by atoms with E-state index in [4.69, 9.17) is 11.6 Å². The molecule has 1 aromatic rings. The number of piperidine rings is 1. The van der Waals surface area contributed by atoms with Crippen LogP contribution in [0.2, 0.25) is 5.02 Å². The molecule has 2 N–H and O–H groups in total. The van der Waals surface area contributed by atoms with Gasteiger partial charge in [-0.3, -0.25) is 9.59 Å². The third-order valence-electron chi connectivity index (χ3n) is 3.85. The Morgan fingerprint density at radius 1 is 1.29 bits per heavy atom. The van der Waals surface area contributed by atoms with Gasteiger partial charge in [0.1, 0.15) is 0 Å². The number of ketones is 1. The number of amides is 1. The summed E-state index contributed by atoms with van der Waals surface area (Å²) in [6, 6.07) is 7.20. The fourth-order valence-corrected chi connectivity index (χ4v) is 2.65. The van der Waals surface area contributed by atoms with Gasteiger partial charge in [-0.25, -0.2) is 0 Å². The Bertz CT molecular complexity index is 502. The second kappa shape index (κ2) is 7.57. The van der Waals surface area contributed by atoms with Gasteiger partial charge in [0.05, 0.1) is 0 Å². The molecule has 1 amide bonds. The van der Waals surface area contributed by atoms with Crippen molar-refractivity contribution in [2.75, 3.05) is 6.54 Å². The quantitative estimate of drug-likeness (QED) is 0.822. The van der Waals surface area contributed by atoms with Crippen LogP contribution in [0.3, 0.4) is 0 Å². The van der Waals surface area contributed by atoms with Gasteiger partial charge in [0, 0.05) is 35.5 Å². The molecule has 0 radical (unpaired) electrons. The van der Waals surface area contributed by atoms with Crippen molar-refractivity contribution in [2.45, 2.75) is 44.7 Å². The predicted molar refractivity (Wildman–Crippen MR) is 83.6 cm³/mol. The van der Waals surface area contributed by atoms with Crippen LogP contribution >= 0.6 is 11.6 Å². The van der Waals surface area contributed by atoms with Crippen LogP contribution in [0, 0.1) is 0 Å². The number of hydrogen-bond donors (Lipinski definition) is 2. The van der Waals surface area contributed by atoms with Gasteiger partial charge in [0.15, 0.2) is 5.78 Å². The summed E-state index contributed by atoms with van der Waals surface area (Å²) in [6.45, 7) is 3.07. The van der Waals surface area contributed by atoms with Gasteiger partial charge < -0.3 is 10.6 Å². The standard InChI is InChI=1S/C16H21ClN2O2/c1-11-14(3-2-10-18-11)19-16(21)9-8-15(20)12-4-6-13(17)7-5-12/h4-7,11,14,18H,2-3,8-10H2,1H3,(H,19,21). The molecule has 1 aliphatic heterocycles. The normalized spacial score (nSPS) is 21.8. The maximum atomic E-state index is 12.0. The van der Waals surface area contributed by atoms with Crippen LogP contribution < -0.4 is 10.6 Å². The zero-order valence-corrected chi connectivity index (χ0v) is 13.0. The number of carbonyl (C=O) groups is 2. The molecular formula is C16H21ClN2O2. The third-order valence-corrected chi connectivity index (χ3v) is 4.11. The Balaban J connectivity index is 1.78. The highest BCUT2D eigenvalue weighted by Crippen LogP contribution is 2.12. The molecule has 1 saturated heterocycles. The molecule has 5 heteroatoms. The highest BCUT2D eigenvalue weighted by atomic mass is 35.5. The maximum absolute atomic E-state index is 12.0. The molecule has 0 aliphatic carbocycles. The summed E-state index contributed by atoms with van der Waals surface area (Å²) in [5.41, 5.74) is 0.597. The van der Waals surface area contributed by atoms with Crippen LogP contribution in [0.25, 0.3) is 0 Å². The minimum absolute atomic E-state index is 0.0309. The van der Waals surface area contributed by atoms with E-state index < -0.39 is 0 Å². The average Bonchev–Trinajstić information content (AvgIpc) is 2.48. The van der Waals surface area contributed by atoms with Gasteiger partial charge in [-0.15, -0.1) is 0 Å². The lowest BCUT2D eigenvalue weighted by atomic mass is 9.99. The Kier molecular flexibility index (Phi) is 5.76. The van der Waals surface area contributed by atoms with E-state index in [1.54, 1.807) is 24.3 Å². The molecule has 0 spiro atoms. The number of nitrogens with one attached hydrogen (secondary N) is 2. The first-order valence-electron chi connectivity index (χ1n) is 7.38. The van der Waals surface area contributed by atoms with E-state index in [-0.39, 0.29) is 36.6 Å². The number of Topliss-reactive ketones (excluding diaryl/α,β-unsaturated/α-hetero) is 1. The molecule has 4 nitrogen and oxygen atoms in total. The van der Waals surface area contributed by atoms with E-state index in [1.807, 2.05) is 0 Å². The number of rotatable bonds is 5. The lowest BCUT2D eigenvalue weighted by molar-refractivity contribution is -0.122. The topological polar surface area (TPSA) is 58.2 Å². The first-order valence-corrected chi connectivity index (χ1v) is 7.75. The number of benzene rings is 1. The van der Waals surface area contributed by atoms with Gasteiger partial charge in [-0.1, -0.05) is 11.6 Å². The monoisotopic (exact) mass is 308 g/mol. The van der Waals surface area contributed by atoms with Gasteiger partial charge in [-0.05, 0) is 50.6 Å². The summed E-state index contributed by atoms with van der Waals surface area (Å²) in [6.07, 6.45) is 2.51. The molecule has 2 unspecified atom stereocenters. The van der Waals surface area contributed by atoms with Crippen LogP contribution in [-0.2, 0) is 4.79 Å². The van der Waals surface area contributed by atoms with Crippen LogP contribution in [0.15, 0.2) is 24.3 Å². The highest BCUT2D eigenvalue weighted by molar-refractivity contribution is 6.30. The number of halogens is 1. The van der Waals surface area contributed by atoms with E-state index in [2.05, 4.69) is 17.6 Å². The van der Waals surface area contributed by atoms with E-state index in [9.17, 15) is 9.59 Å². The smallest absolute Gasteiger partial charge is 0.220 e. The molecule has 0 bridgehead atoms. The fraction of sp³-hybridized carbons (Fsp3) is 0.500. The van der Waals surface area contributed by atoms with Crippen molar-refractivity contribution in [1.82, 2.24) is 10.6 Å². The summed E-state index contributed by atoms with van der Waals surface area (Å²) < 4.78 is 0. The number of hydrogen-bond acceptors (Lipinski definition) is 3. The second-order valence-corrected chi connectivity index (χ2v) is 5.93. The van der Waals surface area contributed by atoms with Crippen molar-refractivity contribution in [2.24, 2.45) is 0 Å². The lowest BCUT2D eigenvalue weighted by Gasteiger charge is -2.30. The molecule has 1 heterocycles. The van der Waals surface area contributed by atoms with Gasteiger partial charge in [0.25, 0.3) is 0 Å². The number of carbonyl (C=O) groups excluding carboxylic acids is 2. The first kappa shape index (κ1) is 16.0. The molecule has 21 heavy (non-hydrogen) atoms.